The molecule has 0 saturated carbocycles. The highest BCUT2D eigenvalue weighted by molar-refractivity contribution is 8.47. The molecule has 1 fully saturated rings. The van der Waals surface area contributed by atoms with E-state index in [0.717, 1.165) is 6.42 Å². The third-order valence-electron chi connectivity index (χ3n) is 2.47. The van der Waals surface area contributed by atoms with Crippen molar-refractivity contribution in [1.29, 1.82) is 0 Å². The highest BCUT2D eigenvalue weighted by atomic mass is 32.7. The van der Waals surface area contributed by atoms with Crippen molar-refractivity contribution in [1.82, 2.24) is 0 Å². The third-order valence-corrected chi connectivity index (χ3v) is 4.11. The van der Waals surface area contributed by atoms with E-state index in [0.29, 0.717) is 18.7 Å². The van der Waals surface area contributed by atoms with Gasteiger partial charge < -0.3 is 14.0 Å². The van der Waals surface area contributed by atoms with E-state index in [4.69, 9.17) is 9.47 Å². The number of methoxy groups -OCH3 is 1. The summed E-state index contributed by atoms with van der Waals surface area (Å²) in [6.45, 7) is 4.34. The van der Waals surface area contributed by atoms with Gasteiger partial charge >= 0.3 is 0 Å². The minimum atomic E-state index is -2.24. The summed E-state index contributed by atoms with van der Waals surface area (Å²) in [7, 11) is 1.66. The molecule has 1 heterocycles. The Morgan fingerprint density at radius 3 is 2.79 bits per heavy atom. The van der Waals surface area contributed by atoms with Crippen molar-refractivity contribution in [3.05, 3.63) is 0 Å². The SMILES string of the molecule is COC[C@H]1O[C@@H](C)CC1CP(C)(=O)S. The molecule has 4 atom stereocenters. The van der Waals surface area contributed by atoms with E-state index in [1.165, 1.54) is 0 Å². The van der Waals surface area contributed by atoms with Crippen LogP contribution < -0.4 is 0 Å². The third kappa shape index (κ3) is 3.93. The number of rotatable bonds is 4. The predicted octanol–water partition coefficient (Wildman–Crippen LogP) is 2.26. The van der Waals surface area contributed by atoms with Crippen molar-refractivity contribution in [3.8, 4) is 0 Å². The number of hydrogen-bond donors (Lipinski definition) is 1. The highest BCUT2D eigenvalue weighted by Gasteiger charge is 2.35. The van der Waals surface area contributed by atoms with E-state index in [9.17, 15) is 4.57 Å². The van der Waals surface area contributed by atoms with Gasteiger partial charge in [-0.2, -0.15) is 0 Å². The van der Waals surface area contributed by atoms with Gasteiger partial charge in [-0.1, -0.05) is 0 Å². The fraction of sp³-hybridized carbons (Fsp3) is 1.00. The van der Waals surface area contributed by atoms with Gasteiger partial charge in [0.1, 0.15) is 6.34 Å². The topological polar surface area (TPSA) is 35.5 Å². The largest absolute Gasteiger partial charge is 0.382 e. The average molecular weight is 238 g/mol. The zero-order chi connectivity index (χ0) is 10.8. The van der Waals surface area contributed by atoms with Crippen LogP contribution >= 0.6 is 18.6 Å². The fourth-order valence-electron chi connectivity index (χ4n) is 2.01. The lowest BCUT2D eigenvalue weighted by atomic mass is 10.0. The molecule has 0 bridgehead atoms. The Morgan fingerprint density at radius 1 is 1.64 bits per heavy atom. The van der Waals surface area contributed by atoms with E-state index in [1.54, 1.807) is 13.8 Å². The van der Waals surface area contributed by atoms with Gasteiger partial charge in [0, 0.05) is 13.3 Å². The summed E-state index contributed by atoms with van der Waals surface area (Å²) < 4.78 is 22.4. The van der Waals surface area contributed by atoms with Crippen LogP contribution in [0.1, 0.15) is 13.3 Å². The monoisotopic (exact) mass is 238 g/mol. The molecule has 14 heavy (non-hydrogen) atoms. The van der Waals surface area contributed by atoms with Gasteiger partial charge in [-0.05, 0) is 25.9 Å². The quantitative estimate of drug-likeness (QED) is 0.603. The van der Waals surface area contributed by atoms with Crippen LogP contribution in [0.3, 0.4) is 0 Å². The van der Waals surface area contributed by atoms with Gasteiger partial charge in [0.25, 0.3) is 0 Å². The Labute approximate surface area is 91.1 Å². The zero-order valence-corrected chi connectivity index (χ0v) is 10.8. The normalized spacial score (nSPS) is 37.0. The first-order valence-corrected chi connectivity index (χ1v) is 8.35. The van der Waals surface area contributed by atoms with Crippen LogP contribution in [0.4, 0.5) is 0 Å². The zero-order valence-electron chi connectivity index (χ0n) is 8.97. The van der Waals surface area contributed by atoms with Crippen molar-refractivity contribution < 1.29 is 14.0 Å². The minimum Gasteiger partial charge on any atom is -0.382 e. The minimum absolute atomic E-state index is 0.0930. The number of ether oxygens (including phenoxy) is 2. The maximum absolute atomic E-state index is 11.6. The first-order chi connectivity index (χ1) is 6.42. The molecular formula is C9H19O3PS. The van der Waals surface area contributed by atoms with Crippen LogP contribution in [0.15, 0.2) is 0 Å². The van der Waals surface area contributed by atoms with Crippen LogP contribution in [0.5, 0.6) is 0 Å². The summed E-state index contributed by atoms with van der Waals surface area (Å²) in [4.78, 5) is 0. The second kappa shape index (κ2) is 5.02. The van der Waals surface area contributed by atoms with Crippen molar-refractivity contribution in [2.45, 2.75) is 25.6 Å². The first kappa shape index (κ1) is 12.6. The van der Waals surface area contributed by atoms with Gasteiger partial charge in [-0.25, -0.2) is 0 Å². The van der Waals surface area contributed by atoms with Gasteiger partial charge in [0.05, 0.1) is 18.8 Å². The smallest absolute Gasteiger partial charge is 0.133 e. The highest BCUT2D eigenvalue weighted by Crippen LogP contribution is 2.50. The molecule has 1 rings (SSSR count). The molecule has 0 aromatic rings. The Kier molecular flexibility index (Phi) is 4.51. The van der Waals surface area contributed by atoms with Crippen molar-refractivity contribution in [2.75, 3.05) is 26.5 Å². The van der Waals surface area contributed by atoms with Crippen molar-refractivity contribution in [2.24, 2.45) is 5.92 Å². The molecule has 5 heteroatoms. The molecule has 1 aliphatic heterocycles. The lowest BCUT2D eigenvalue weighted by molar-refractivity contribution is -0.00482. The molecule has 0 aromatic carbocycles. The maximum atomic E-state index is 11.6. The molecule has 1 saturated heterocycles. The van der Waals surface area contributed by atoms with E-state index in [1.807, 2.05) is 6.92 Å². The van der Waals surface area contributed by atoms with Crippen LogP contribution in [0.25, 0.3) is 0 Å². The summed E-state index contributed by atoms with van der Waals surface area (Å²) in [5.41, 5.74) is 0. The molecule has 2 unspecified atom stereocenters. The molecule has 0 spiro atoms. The molecule has 0 N–H and O–H groups in total. The van der Waals surface area contributed by atoms with Gasteiger partial charge in [-0.15, -0.1) is 12.2 Å². The van der Waals surface area contributed by atoms with Gasteiger partial charge in [0.15, 0.2) is 0 Å². The molecule has 0 radical (unpaired) electrons. The van der Waals surface area contributed by atoms with E-state index < -0.39 is 6.34 Å². The van der Waals surface area contributed by atoms with Crippen molar-refractivity contribution in [3.63, 3.8) is 0 Å². The van der Waals surface area contributed by atoms with E-state index >= 15 is 0 Å². The van der Waals surface area contributed by atoms with Gasteiger partial charge in [-0.3, -0.25) is 0 Å². The lowest BCUT2D eigenvalue weighted by Gasteiger charge is -2.18. The molecule has 0 aromatic heterocycles. The second-order valence-corrected chi connectivity index (χ2v) is 9.18. The molecular weight excluding hydrogens is 219 g/mol. The Morgan fingerprint density at radius 2 is 2.29 bits per heavy atom. The molecule has 0 amide bonds. The lowest BCUT2D eigenvalue weighted by Crippen LogP contribution is -2.24. The standard InChI is InChI=1S/C9H19O3PS/c1-7-4-8(6-13(3,10)14)9(12-7)5-11-2/h7-9H,4-6H2,1-3H3,(H,10,14)/t7-,8?,9+,13?/m0/s1. The number of thiol groups is 1. The summed E-state index contributed by atoms with van der Waals surface area (Å²) in [5, 5.41) is 0. The number of hydrogen-bond acceptors (Lipinski definition) is 3. The van der Waals surface area contributed by atoms with Crippen LogP contribution in [-0.2, 0) is 14.0 Å². The Bertz CT molecular complexity index is 228. The van der Waals surface area contributed by atoms with E-state index in [2.05, 4.69) is 12.2 Å². The Hall–Kier alpha value is 0.500. The van der Waals surface area contributed by atoms with Crippen LogP contribution in [0, 0.1) is 5.92 Å². The van der Waals surface area contributed by atoms with Crippen LogP contribution in [0.2, 0.25) is 0 Å². The Balaban J connectivity index is 2.53. The summed E-state index contributed by atoms with van der Waals surface area (Å²) in [6.07, 6.45) is -0.289. The summed E-state index contributed by atoms with van der Waals surface area (Å²) in [6, 6.07) is 0. The summed E-state index contributed by atoms with van der Waals surface area (Å²) in [5.74, 6) is 0.332. The fourth-order valence-corrected chi connectivity index (χ4v) is 3.89. The van der Waals surface area contributed by atoms with Crippen molar-refractivity contribution >= 4 is 18.6 Å². The first-order valence-electron chi connectivity index (χ1n) is 4.86. The molecule has 1 aliphatic rings. The summed E-state index contributed by atoms with van der Waals surface area (Å²) >= 11 is 4.13. The van der Waals surface area contributed by atoms with Crippen LogP contribution in [-0.4, -0.2) is 38.8 Å². The molecule has 3 nitrogen and oxygen atoms in total. The predicted molar refractivity (Wildman–Crippen MR) is 61.7 cm³/mol. The maximum Gasteiger partial charge on any atom is 0.133 e. The van der Waals surface area contributed by atoms with E-state index in [-0.39, 0.29) is 12.2 Å². The molecule has 84 valence electrons. The average Bonchev–Trinajstić information content (AvgIpc) is 2.28. The van der Waals surface area contributed by atoms with Gasteiger partial charge in [0.2, 0.25) is 0 Å². The molecule has 0 aliphatic carbocycles. The second-order valence-electron chi connectivity index (χ2n) is 4.17.